The monoisotopic (exact) mass is 436 g/mol. The van der Waals surface area contributed by atoms with Gasteiger partial charge in [0.05, 0.1) is 17.3 Å². The number of H-pyrrole nitrogens is 1. The Labute approximate surface area is 185 Å². The van der Waals surface area contributed by atoms with Gasteiger partial charge in [-0.25, -0.2) is 9.78 Å². The van der Waals surface area contributed by atoms with Gasteiger partial charge in [-0.15, -0.1) is 0 Å². The zero-order chi connectivity index (χ0) is 22.2. The third-order valence-electron chi connectivity index (χ3n) is 6.67. The Morgan fingerprint density at radius 3 is 2.66 bits per heavy atom. The molecule has 2 aromatic heterocycles. The predicted octanol–water partition coefficient (Wildman–Crippen LogP) is 3.08. The van der Waals surface area contributed by atoms with Crippen LogP contribution in [-0.2, 0) is 0 Å². The largest absolute Gasteiger partial charge is 0.465 e. The molecule has 1 aliphatic heterocycles. The summed E-state index contributed by atoms with van der Waals surface area (Å²) in [6.07, 6.45) is 5.05. The lowest BCUT2D eigenvalue weighted by molar-refractivity contribution is 0.0928. The molecule has 2 fully saturated rings. The maximum absolute atomic E-state index is 12.1. The normalized spacial score (nSPS) is 19.5. The first-order valence-corrected chi connectivity index (χ1v) is 11.1. The number of rotatable bonds is 4. The maximum atomic E-state index is 12.1. The molecule has 0 unspecified atom stereocenters. The number of benzene rings is 1. The van der Waals surface area contributed by atoms with E-state index >= 15 is 0 Å². The fraction of sp³-hybridized carbons (Fsp3) is 0.455. The number of carboxylic acid groups (broad SMARTS) is 1. The molecular weight excluding hydrogens is 408 g/mol. The number of hydrogen-bond acceptors (Lipinski definition) is 7. The van der Waals surface area contributed by atoms with Crippen LogP contribution in [0.1, 0.15) is 38.5 Å². The van der Waals surface area contributed by atoms with Gasteiger partial charge in [0.25, 0.3) is 0 Å². The molecule has 1 amide bonds. The van der Waals surface area contributed by atoms with Crippen molar-refractivity contribution in [1.29, 1.82) is 0 Å². The van der Waals surface area contributed by atoms with Crippen molar-refractivity contribution in [3.8, 4) is 11.3 Å². The van der Waals surface area contributed by atoms with Crippen LogP contribution in [0.25, 0.3) is 22.2 Å². The highest BCUT2D eigenvalue weighted by atomic mass is 16.4. The lowest BCUT2D eigenvalue weighted by Gasteiger charge is -2.41. The lowest BCUT2D eigenvalue weighted by Crippen LogP contribution is -2.53. The Morgan fingerprint density at radius 2 is 1.88 bits per heavy atom. The third kappa shape index (κ3) is 3.76. The number of fused-ring (bicyclic) bond motifs is 1. The fourth-order valence-electron chi connectivity index (χ4n) is 5.15. The Bertz CT molecular complexity index is 1140. The fourth-order valence-corrected chi connectivity index (χ4v) is 5.15. The minimum absolute atomic E-state index is 0.0479. The highest BCUT2D eigenvalue weighted by Crippen LogP contribution is 2.31. The van der Waals surface area contributed by atoms with E-state index in [1.807, 2.05) is 24.3 Å². The van der Waals surface area contributed by atoms with Crippen molar-refractivity contribution in [2.24, 2.45) is 0 Å². The van der Waals surface area contributed by atoms with E-state index in [9.17, 15) is 9.90 Å². The molecule has 168 valence electrons. The van der Waals surface area contributed by atoms with Crippen LogP contribution in [-0.4, -0.2) is 61.4 Å². The summed E-state index contributed by atoms with van der Waals surface area (Å²) in [6.45, 7) is 1.41. The third-order valence-corrected chi connectivity index (χ3v) is 6.67. The van der Waals surface area contributed by atoms with Gasteiger partial charge in [-0.05, 0) is 37.8 Å². The average molecular weight is 437 g/mol. The van der Waals surface area contributed by atoms with Gasteiger partial charge < -0.3 is 26.4 Å². The molecule has 0 spiro atoms. The van der Waals surface area contributed by atoms with Crippen molar-refractivity contribution in [3.63, 3.8) is 0 Å². The van der Waals surface area contributed by atoms with Crippen LogP contribution in [0.5, 0.6) is 0 Å². The zero-order valence-electron chi connectivity index (χ0n) is 17.9. The quantitative estimate of drug-likeness (QED) is 0.487. The number of amides is 1. The summed E-state index contributed by atoms with van der Waals surface area (Å²) in [5.74, 6) is 1.37. The molecule has 5 rings (SSSR count). The second kappa shape index (κ2) is 8.18. The first kappa shape index (κ1) is 20.3. The number of nitrogen functional groups attached to an aromatic ring is 2. The van der Waals surface area contributed by atoms with E-state index < -0.39 is 6.09 Å². The van der Waals surface area contributed by atoms with Crippen LogP contribution in [0.2, 0.25) is 0 Å². The molecular formula is C22H28N8O2. The number of aromatic nitrogens is 4. The minimum Gasteiger partial charge on any atom is -0.465 e. The van der Waals surface area contributed by atoms with Gasteiger partial charge in [0.1, 0.15) is 5.82 Å². The lowest BCUT2D eigenvalue weighted by atomic mass is 10.0. The SMILES string of the molecule is Nc1nc(-c2ccc3c(N)n[nH]c3c2)cc(N2CCC[C@@H](N(C(=O)O)C3CCCC3)C2)n1. The highest BCUT2D eigenvalue weighted by molar-refractivity contribution is 5.91. The van der Waals surface area contributed by atoms with E-state index in [4.69, 9.17) is 11.5 Å². The van der Waals surface area contributed by atoms with E-state index in [1.165, 1.54) is 0 Å². The second-order valence-electron chi connectivity index (χ2n) is 8.71. The molecule has 32 heavy (non-hydrogen) atoms. The number of nitrogens with one attached hydrogen (secondary N) is 1. The van der Waals surface area contributed by atoms with Crippen LogP contribution < -0.4 is 16.4 Å². The van der Waals surface area contributed by atoms with Gasteiger partial charge in [0.2, 0.25) is 5.95 Å². The van der Waals surface area contributed by atoms with E-state index in [0.29, 0.717) is 18.1 Å². The minimum atomic E-state index is -0.821. The topological polar surface area (TPSA) is 150 Å². The van der Waals surface area contributed by atoms with Crippen molar-refractivity contribution in [2.45, 2.75) is 50.6 Å². The van der Waals surface area contributed by atoms with E-state index in [0.717, 1.165) is 67.4 Å². The number of carbonyl (C=O) groups is 1. The molecule has 1 aromatic carbocycles. The van der Waals surface area contributed by atoms with E-state index in [-0.39, 0.29) is 18.0 Å². The standard InChI is InChI=1S/C22H28N8O2/c23-20-16-8-7-13(10-18(16)27-28-20)17-11-19(26-21(24)25-17)29-9-3-6-15(12-29)30(22(31)32)14-4-1-2-5-14/h7-8,10-11,14-15H,1-6,9,12H2,(H,31,32)(H3,23,27,28)(H2,24,25,26)/t15-/m1/s1. The maximum Gasteiger partial charge on any atom is 0.407 e. The number of hydrogen-bond donors (Lipinski definition) is 4. The molecule has 10 heteroatoms. The van der Waals surface area contributed by atoms with E-state index in [2.05, 4.69) is 25.1 Å². The molecule has 2 aliphatic rings. The number of piperidine rings is 1. The van der Waals surface area contributed by atoms with Gasteiger partial charge in [-0.2, -0.15) is 10.1 Å². The van der Waals surface area contributed by atoms with Crippen LogP contribution in [0, 0.1) is 0 Å². The summed E-state index contributed by atoms with van der Waals surface area (Å²) in [5, 5.41) is 17.7. The number of anilines is 3. The molecule has 1 atom stereocenters. The molecule has 0 radical (unpaired) electrons. The van der Waals surface area contributed by atoms with Crippen molar-refractivity contribution in [2.75, 3.05) is 29.5 Å². The molecule has 10 nitrogen and oxygen atoms in total. The number of nitrogens with two attached hydrogens (primary N) is 2. The summed E-state index contributed by atoms with van der Waals surface area (Å²) >= 11 is 0. The molecule has 6 N–H and O–H groups in total. The van der Waals surface area contributed by atoms with Crippen molar-refractivity contribution in [1.82, 2.24) is 25.1 Å². The summed E-state index contributed by atoms with van der Waals surface area (Å²) in [4.78, 5) is 24.8. The van der Waals surface area contributed by atoms with Crippen LogP contribution in [0.15, 0.2) is 24.3 Å². The Hall–Kier alpha value is -3.56. The average Bonchev–Trinajstić information content (AvgIpc) is 3.43. The summed E-state index contributed by atoms with van der Waals surface area (Å²) in [6, 6.07) is 7.77. The first-order chi connectivity index (χ1) is 15.5. The predicted molar refractivity (Wildman–Crippen MR) is 123 cm³/mol. The van der Waals surface area contributed by atoms with Crippen molar-refractivity contribution < 1.29 is 9.90 Å². The van der Waals surface area contributed by atoms with Gasteiger partial charge in [-0.3, -0.25) is 5.10 Å². The first-order valence-electron chi connectivity index (χ1n) is 11.1. The van der Waals surface area contributed by atoms with Gasteiger partial charge in [-0.1, -0.05) is 18.9 Å². The second-order valence-corrected chi connectivity index (χ2v) is 8.71. The molecule has 0 bridgehead atoms. The summed E-state index contributed by atoms with van der Waals surface area (Å²) in [5.41, 5.74) is 14.3. The van der Waals surface area contributed by atoms with E-state index in [1.54, 1.807) is 4.90 Å². The van der Waals surface area contributed by atoms with Crippen molar-refractivity contribution in [3.05, 3.63) is 24.3 Å². The van der Waals surface area contributed by atoms with Gasteiger partial charge in [0.15, 0.2) is 5.82 Å². The molecule has 3 heterocycles. The van der Waals surface area contributed by atoms with Crippen molar-refractivity contribution >= 4 is 34.6 Å². The summed E-state index contributed by atoms with van der Waals surface area (Å²) in [7, 11) is 0. The Morgan fingerprint density at radius 1 is 1.09 bits per heavy atom. The van der Waals surface area contributed by atoms with Gasteiger partial charge >= 0.3 is 6.09 Å². The highest BCUT2D eigenvalue weighted by Gasteiger charge is 2.35. The Kier molecular flexibility index (Phi) is 5.20. The van der Waals surface area contributed by atoms with Crippen LogP contribution in [0.4, 0.5) is 22.4 Å². The zero-order valence-corrected chi connectivity index (χ0v) is 17.9. The van der Waals surface area contributed by atoms with Crippen LogP contribution in [0.3, 0.4) is 0 Å². The van der Waals surface area contributed by atoms with Gasteiger partial charge in [0, 0.05) is 36.1 Å². The molecule has 3 aromatic rings. The number of nitrogens with zero attached hydrogens (tertiary/aromatic N) is 5. The van der Waals surface area contributed by atoms with Crippen LogP contribution >= 0.6 is 0 Å². The number of aromatic amines is 1. The molecule has 1 saturated carbocycles. The summed E-state index contributed by atoms with van der Waals surface area (Å²) < 4.78 is 0. The smallest absolute Gasteiger partial charge is 0.407 e. The molecule has 1 aliphatic carbocycles. The Balaban J connectivity index is 1.42. The molecule has 1 saturated heterocycles.